The van der Waals surface area contributed by atoms with Gasteiger partial charge in [0.1, 0.15) is 0 Å². The number of unbranched alkanes of at least 4 members (excludes halogenated alkanes) is 5. The van der Waals surface area contributed by atoms with Crippen LogP contribution in [0.25, 0.3) is 0 Å². The summed E-state index contributed by atoms with van der Waals surface area (Å²) in [7, 11) is 0. The molecular weight excluding hydrogens is 316 g/mol. The Morgan fingerprint density at radius 3 is 2.56 bits per heavy atom. The maximum atomic E-state index is 10.5. The number of carbonyl (C=O) groups is 1. The first-order valence-corrected chi connectivity index (χ1v) is 10.2. The van der Waals surface area contributed by atoms with Crippen LogP contribution in [0.4, 0.5) is 0 Å². The smallest absolute Gasteiger partial charge is 0.303 e. The number of carboxylic acids is 1. The van der Waals surface area contributed by atoms with E-state index in [1.165, 1.54) is 0 Å². The van der Waals surface area contributed by atoms with Crippen LogP contribution in [0.1, 0.15) is 84.5 Å². The molecule has 1 aliphatic rings. The topological polar surface area (TPSA) is 77.8 Å². The highest BCUT2D eigenvalue weighted by atomic mass is 16.4. The summed E-state index contributed by atoms with van der Waals surface area (Å²) in [6.07, 6.45) is 13.6. The van der Waals surface area contributed by atoms with E-state index in [2.05, 4.69) is 19.9 Å². The van der Waals surface area contributed by atoms with Gasteiger partial charge in [0.2, 0.25) is 0 Å². The highest BCUT2D eigenvalue weighted by molar-refractivity contribution is 5.66. The van der Waals surface area contributed by atoms with Crippen molar-refractivity contribution < 1.29 is 20.1 Å². The van der Waals surface area contributed by atoms with Crippen LogP contribution < -0.4 is 0 Å². The normalized spacial score (nSPS) is 27.8. The number of carboxylic acid groups (broad SMARTS) is 1. The summed E-state index contributed by atoms with van der Waals surface area (Å²) < 4.78 is 0. The first kappa shape index (κ1) is 22.2. The van der Waals surface area contributed by atoms with Crippen LogP contribution in [0, 0.1) is 17.8 Å². The van der Waals surface area contributed by atoms with E-state index in [0.29, 0.717) is 11.8 Å². The monoisotopic (exact) mass is 354 g/mol. The van der Waals surface area contributed by atoms with Crippen LogP contribution in [-0.2, 0) is 4.79 Å². The molecule has 1 saturated carbocycles. The Hall–Kier alpha value is -0.870. The summed E-state index contributed by atoms with van der Waals surface area (Å²) in [6.45, 7) is 4.27. The molecule has 0 heterocycles. The molecule has 0 aromatic carbocycles. The largest absolute Gasteiger partial charge is 0.481 e. The highest BCUT2D eigenvalue weighted by Gasteiger charge is 2.38. The summed E-state index contributed by atoms with van der Waals surface area (Å²) in [5, 5.41) is 29.2. The van der Waals surface area contributed by atoms with Crippen LogP contribution >= 0.6 is 0 Å². The van der Waals surface area contributed by atoms with E-state index < -0.39 is 5.97 Å². The van der Waals surface area contributed by atoms with Crippen molar-refractivity contribution in [2.75, 3.05) is 0 Å². The molecule has 4 nitrogen and oxygen atoms in total. The Morgan fingerprint density at radius 2 is 1.88 bits per heavy atom. The molecule has 0 aromatic heterocycles. The Bertz CT molecular complexity index is 393. The van der Waals surface area contributed by atoms with Gasteiger partial charge in [0.15, 0.2) is 0 Å². The standard InChI is InChI=1S/C21H38O4/c1-3-4-7-10-18(22)14-13-17-15-16(2)21(25)19(17)11-8-5-6-9-12-20(23)24/h13-14,16-19,21-22,25H,3-12,15H2,1-2H3,(H,23,24)/b14-13+. The van der Waals surface area contributed by atoms with E-state index in [1.807, 2.05) is 6.08 Å². The summed E-state index contributed by atoms with van der Waals surface area (Å²) in [5.41, 5.74) is 0. The lowest BCUT2D eigenvalue weighted by Crippen LogP contribution is -2.21. The molecule has 4 heteroatoms. The van der Waals surface area contributed by atoms with Crippen LogP contribution in [0.5, 0.6) is 0 Å². The molecule has 5 atom stereocenters. The molecule has 0 aromatic rings. The quantitative estimate of drug-likeness (QED) is 0.335. The second kappa shape index (κ2) is 12.5. The van der Waals surface area contributed by atoms with Gasteiger partial charge >= 0.3 is 5.97 Å². The minimum atomic E-state index is -0.720. The van der Waals surface area contributed by atoms with E-state index in [-0.39, 0.29) is 24.5 Å². The molecular formula is C21H38O4. The first-order chi connectivity index (χ1) is 12.0. The van der Waals surface area contributed by atoms with Crippen molar-refractivity contribution in [2.45, 2.75) is 96.7 Å². The minimum absolute atomic E-state index is 0.254. The molecule has 0 bridgehead atoms. The van der Waals surface area contributed by atoms with E-state index in [1.54, 1.807) is 0 Å². The van der Waals surface area contributed by atoms with E-state index in [9.17, 15) is 15.0 Å². The van der Waals surface area contributed by atoms with Gasteiger partial charge in [0, 0.05) is 6.42 Å². The first-order valence-electron chi connectivity index (χ1n) is 10.2. The van der Waals surface area contributed by atoms with Gasteiger partial charge in [0.05, 0.1) is 12.2 Å². The van der Waals surface area contributed by atoms with Crippen molar-refractivity contribution in [2.24, 2.45) is 17.8 Å². The summed E-state index contributed by atoms with van der Waals surface area (Å²) in [4.78, 5) is 10.5. The molecule has 0 amide bonds. The van der Waals surface area contributed by atoms with Gasteiger partial charge < -0.3 is 15.3 Å². The van der Waals surface area contributed by atoms with Crippen LogP contribution in [0.3, 0.4) is 0 Å². The van der Waals surface area contributed by atoms with Gasteiger partial charge in [-0.25, -0.2) is 0 Å². The number of rotatable bonds is 13. The molecule has 0 aliphatic heterocycles. The van der Waals surface area contributed by atoms with E-state index >= 15 is 0 Å². The lowest BCUT2D eigenvalue weighted by atomic mass is 9.88. The van der Waals surface area contributed by atoms with Gasteiger partial charge in [-0.15, -0.1) is 0 Å². The van der Waals surface area contributed by atoms with Gasteiger partial charge in [-0.1, -0.05) is 64.5 Å². The minimum Gasteiger partial charge on any atom is -0.481 e. The maximum Gasteiger partial charge on any atom is 0.303 e. The number of aliphatic carboxylic acids is 1. The van der Waals surface area contributed by atoms with Crippen LogP contribution in [-0.4, -0.2) is 33.5 Å². The zero-order valence-electron chi connectivity index (χ0n) is 16.1. The molecule has 0 radical (unpaired) electrons. The van der Waals surface area contributed by atoms with Crippen LogP contribution in [0.2, 0.25) is 0 Å². The molecule has 1 rings (SSSR count). The summed E-state index contributed by atoms with van der Waals surface area (Å²) in [6, 6.07) is 0. The molecule has 1 fully saturated rings. The van der Waals surface area contributed by atoms with Crippen molar-refractivity contribution >= 4 is 5.97 Å². The van der Waals surface area contributed by atoms with E-state index in [4.69, 9.17) is 5.11 Å². The Morgan fingerprint density at radius 1 is 1.16 bits per heavy atom. The van der Waals surface area contributed by atoms with Gasteiger partial charge in [-0.3, -0.25) is 4.79 Å². The number of allylic oxidation sites excluding steroid dienone is 1. The Labute approximate surface area is 153 Å². The second-order valence-electron chi connectivity index (χ2n) is 7.83. The lowest BCUT2D eigenvalue weighted by molar-refractivity contribution is -0.137. The van der Waals surface area contributed by atoms with Gasteiger partial charge in [-0.2, -0.15) is 0 Å². The van der Waals surface area contributed by atoms with E-state index in [0.717, 1.165) is 64.2 Å². The van der Waals surface area contributed by atoms with Gasteiger partial charge in [0.25, 0.3) is 0 Å². The van der Waals surface area contributed by atoms with Crippen molar-refractivity contribution in [3.63, 3.8) is 0 Å². The lowest BCUT2D eigenvalue weighted by Gasteiger charge is -2.20. The molecule has 3 N–H and O–H groups in total. The Balaban J connectivity index is 2.36. The fraction of sp³-hybridized carbons (Fsp3) is 0.857. The number of hydrogen-bond acceptors (Lipinski definition) is 3. The molecule has 0 spiro atoms. The summed E-state index contributed by atoms with van der Waals surface area (Å²) >= 11 is 0. The molecule has 1 aliphatic carbocycles. The van der Waals surface area contributed by atoms with Gasteiger partial charge in [-0.05, 0) is 43.4 Å². The van der Waals surface area contributed by atoms with Crippen molar-refractivity contribution in [3.05, 3.63) is 12.2 Å². The average Bonchev–Trinajstić information content (AvgIpc) is 2.83. The maximum absolute atomic E-state index is 10.5. The second-order valence-corrected chi connectivity index (χ2v) is 7.83. The molecule has 146 valence electrons. The van der Waals surface area contributed by atoms with Crippen molar-refractivity contribution in [1.82, 2.24) is 0 Å². The third kappa shape index (κ3) is 8.87. The highest BCUT2D eigenvalue weighted by Crippen LogP contribution is 2.40. The number of aliphatic hydroxyl groups is 2. The SMILES string of the molecule is CCCCCC(O)/C=C/C1CC(C)C(O)C1CCCCCCC(=O)O. The fourth-order valence-corrected chi connectivity index (χ4v) is 4.01. The zero-order chi connectivity index (χ0) is 18.7. The number of aliphatic hydroxyl groups excluding tert-OH is 2. The predicted molar refractivity (Wildman–Crippen MR) is 101 cm³/mol. The van der Waals surface area contributed by atoms with Crippen molar-refractivity contribution in [1.29, 1.82) is 0 Å². The average molecular weight is 355 g/mol. The molecule has 0 saturated heterocycles. The number of hydrogen-bond donors (Lipinski definition) is 3. The Kier molecular flexibility index (Phi) is 11.1. The third-order valence-corrected chi connectivity index (χ3v) is 5.58. The van der Waals surface area contributed by atoms with Crippen molar-refractivity contribution in [3.8, 4) is 0 Å². The predicted octanol–water partition coefficient (Wildman–Crippen LogP) is 4.54. The molecule has 5 unspecified atom stereocenters. The molecule has 25 heavy (non-hydrogen) atoms. The fourth-order valence-electron chi connectivity index (χ4n) is 4.01. The summed E-state index contributed by atoms with van der Waals surface area (Å²) in [5.74, 6) is 0.213. The third-order valence-electron chi connectivity index (χ3n) is 5.58. The zero-order valence-corrected chi connectivity index (χ0v) is 16.1. The van der Waals surface area contributed by atoms with Crippen LogP contribution in [0.15, 0.2) is 12.2 Å².